The Labute approximate surface area is 319 Å². The van der Waals surface area contributed by atoms with E-state index < -0.39 is 0 Å². The predicted molar refractivity (Wildman–Crippen MR) is 224 cm³/mol. The van der Waals surface area contributed by atoms with Gasteiger partial charge < -0.3 is 14.3 Å². The first kappa shape index (κ1) is 32.7. The van der Waals surface area contributed by atoms with Gasteiger partial charge in [0, 0.05) is 38.4 Å². The maximum Gasteiger partial charge on any atom is 0.143 e. The molecule has 3 unspecified atom stereocenters. The highest BCUT2D eigenvalue weighted by Gasteiger charge is 2.40. The third-order valence-corrected chi connectivity index (χ3v) is 11.3. The molecule has 5 nitrogen and oxygen atoms in total. The van der Waals surface area contributed by atoms with Gasteiger partial charge in [0.15, 0.2) is 0 Å². The number of fused-ring (bicyclic) bond motifs is 6. The number of hydrogen-bond acceptors (Lipinski definition) is 3. The second-order valence-electron chi connectivity index (χ2n) is 14.8. The number of furan rings is 1. The molecule has 2 heterocycles. The average Bonchev–Trinajstić information content (AvgIpc) is 3.70. The number of aromatic nitrogens is 1. The Hall–Kier alpha value is -6.90. The van der Waals surface area contributed by atoms with Crippen LogP contribution in [0.5, 0.6) is 0 Å². The van der Waals surface area contributed by atoms with E-state index in [0.717, 1.165) is 55.7 Å². The normalized spacial score (nSPS) is 16.1. The highest BCUT2D eigenvalue weighted by atomic mass is 16.3. The number of nitrogens with one attached hydrogen (secondary N) is 1. The first-order valence-corrected chi connectivity index (χ1v) is 19.0. The van der Waals surface area contributed by atoms with Crippen LogP contribution in [0.3, 0.4) is 0 Å². The molecule has 0 bridgehead atoms. The Kier molecular flexibility index (Phi) is 8.03. The van der Waals surface area contributed by atoms with Gasteiger partial charge in [0.2, 0.25) is 0 Å². The van der Waals surface area contributed by atoms with Crippen molar-refractivity contribution in [2.45, 2.75) is 25.9 Å². The lowest BCUT2D eigenvalue weighted by atomic mass is 9.99. The Balaban J connectivity index is 1.02. The third-order valence-electron chi connectivity index (χ3n) is 11.3. The maximum absolute atomic E-state index is 9.44. The van der Waals surface area contributed by atoms with E-state index in [2.05, 4.69) is 144 Å². The Morgan fingerprint density at radius 3 is 2.29 bits per heavy atom. The number of nitrogens with zero attached hydrogens (tertiary/aromatic N) is 3. The largest absolute Gasteiger partial charge is 0.455 e. The molecule has 0 aliphatic heterocycles. The molecular weight excluding hydrogens is 673 g/mol. The average molecular weight is 711 g/mol. The molecule has 0 saturated heterocycles. The van der Waals surface area contributed by atoms with Gasteiger partial charge in [-0.2, -0.15) is 5.26 Å². The van der Waals surface area contributed by atoms with Crippen LogP contribution in [0.4, 0.5) is 0 Å². The lowest BCUT2D eigenvalue weighted by molar-refractivity contribution is 0.539. The molecule has 1 saturated carbocycles. The number of benzene rings is 7. The van der Waals surface area contributed by atoms with Gasteiger partial charge in [-0.05, 0) is 83.5 Å². The predicted octanol–water partition coefficient (Wildman–Crippen LogP) is 12.2. The smallest absolute Gasteiger partial charge is 0.143 e. The van der Waals surface area contributed by atoms with Crippen molar-refractivity contribution < 1.29 is 4.42 Å². The monoisotopic (exact) mass is 710 g/mol. The fraction of sp³-hybridized carbons (Fsp3) is 0.120. The molecule has 3 atom stereocenters. The van der Waals surface area contributed by atoms with Crippen molar-refractivity contribution in [2.24, 2.45) is 16.8 Å². The molecule has 7 aromatic carbocycles. The summed E-state index contributed by atoms with van der Waals surface area (Å²) in [6.07, 6.45) is 1.17. The van der Waals surface area contributed by atoms with Crippen LogP contribution in [0, 0.1) is 23.2 Å². The van der Waals surface area contributed by atoms with Gasteiger partial charge in [-0.25, -0.2) is 0 Å². The van der Waals surface area contributed by atoms with Crippen LogP contribution in [0.15, 0.2) is 173 Å². The van der Waals surface area contributed by atoms with E-state index in [9.17, 15) is 5.26 Å². The topological polar surface area (TPSA) is 66.2 Å². The van der Waals surface area contributed by atoms with Crippen molar-refractivity contribution in [3.63, 3.8) is 0 Å². The van der Waals surface area contributed by atoms with Crippen molar-refractivity contribution in [3.05, 3.63) is 186 Å². The Morgan fingerprint density at radius 2 is 1.47 bits per heavy atom. The summed E-state index contributed by atoms with van der Waals surface area (Å²) < 4.78 is 8.82. The molecule has 5 heteroatoms. The van der Waals surface area contributed by atoms with E-state index >= 15 is 0 Å². The van der Waals surface area contributed by atoms with Gasteiger partial charge in [0.25, 0.3) is 0 Å². The molecule has 1 aliphatic rings. The molecule has 0 radical (unpaired) electrons. The van der Waals surface area contributed by atoms with E-state index in [1.165, 1.54) is 33.8 Å². The van der Waals surface area contributed by atoms with E-state index in [-0.39, 0.29) is 6.04 Å². The first-order chi connectivity index (χ1) is 27.1. The van der Waals surface area contributed by atoms with Crippen LogP contribution in [0.2, 0.25) is 0 Å². The summed E-state index contributed by atoms with van der Waals surface area (Å²) in [6.45, 7) is 2.82. The van der Waals surface area contributed by atoms with Crippen molar-refractivity contribution in [1.29, 1.82) is 5.26 Å². The van der Waals surface area contributed by atoms with Gasteiger partial charge in [-0.15, -0.1) is 0 Å². The molecule has 1 aliphatic carbocycles. The number of hydrogen-bond donors (Lipinski definition) is 1. The number of rotatable bonds is 8. The summed E-state index contributed by atoms with van der Waals surface area (Å²) in [6, 6.07) is 59.7. The summed E-state index contributed by atoms with van der Waals surface area (Å²) in [5, 5.41) is 18.0. The Bertz CT molecular complexity index is 2950. The SMILES string of the molecule is CC1CC1C(NC(=NCc1cccc(C#N)c1)c1ccccc1)c1ccc(-n2c3ccccc3c3cc(-c4cccc5c4oc4ccccc45)ccc32)cc1. The highest BCUT2D eigenvalue weighted by molar-refractivity contribution is 6.13. The quantitative estimate of drug-likeness (QED) is 0.126. The molecule has 2 aromatic heterocycles. The zero-order chi connectivity index (χ0) is 36.9. The minimum Gasteiger partial charge on any atom is -0.455 e. The van der Waals surface area contributed by atoms with Gasteiger partial charge >= 0.3 is 0 Å². The molecular formula is C50H38N4O. The molecule has 55 heavy (non-hydrogen) atoms. The fourth-order valence-corrected chi connectivity index (χ4v) is 8.35. The summed E-state index contributed by atoms with van der Waals surface area (Å²) in [7, 11) is 0. The van der Waals surface area contributed by atoms with Crippen molar-refractivity contribution in [1.82, 2.24) is 9.88 Å². The van der Waals surface area contributed by atoms with Gasteiger partial charge in [0.05, 0.1) is 35.3 Å². The van der Waals surface area contributed by atoms with Crippen molar-refractivity contribution in [2.75, 3.05) is 0 Å². The maximum atomic E-state index is 9.44. The Morgan fingerprint density at radius 1 is 0.745 bits per heavy atom. The van der Waals surface area contributed by atoms with Crippen molar-refractivity contribution in [3.8, 4) is 22.9 Å². The van der Waals surface area contributed by atoms with E-state index in [1.807, 2.05) is 42.5 Å². The number of nitriles is 1. The first-order valence-electron chi connectivity index (χ1n) is 19.0. The van der Waals surface area contributed by atoms with E-state index in [4.69, 9.17) is 9.41 Å². The van der Waals surface area contributed by atoms with Gasteiger partial charge in [-0.3, -0.25) is 4.99 Å². The molecule has 1 N–H and O–H groups in total. The van der Waals surface area contributed by atoms with Crippen LogP contribution in [0.1, 0.15) is 41.6 Å². The lowest BCUT2D eigenvalue weighted by Crippen LogP contribution is -2.31. The van der Waals surface area contributed by atoms with Crippen LogP contribution in [-0.4, -0.2) is 10.4 Å². The number of amidine groups is 1. The summed E-state index contributed by atoms with van der Waals surface area (Å²) in [4.78, 5) is 5.11. The lowest BCUT2D eigenvalue weighted by Gasteiger charge is -2.23. The summed E-state index contributed by atoms with van der Waals surface area (Å²) >= 11 is 0. The molecule has 10 rings (SSSR count). The second kappa shape index (κ2) is 13.5. The van der Waals surface area contributed by atoms with E-state index in [0.29, 0.717) is 23.9 Å². The molecule has 9 aromatic rings. The highest BCUT2D eigenvalue weighted by Crippen LogP contribution is 2.47. The third kappa shape index (κ3) is 5.93. The van der Waals surface area contributed by atoms with Gasteiger partial charge in [0.1, 0.15) is 17.0 Å². The zero-order valence-corrected chi connectivity index (χ0v) is 30.5. The fourth-order valence-electron chi connectivity index (χ4n) is 8.35. The standard InChI is InChI=1S/C50H38N4O/c1-32-27-43(32)48(53-50(36-13-3-2-4-14-36)52-31-34-12-9-11-33(28-34)30-51)35-21-24-38(25-22-35)54-45-19-7-5-15-40(45)44-29-37(23-26-46(44)54)39-17-10-18-42-41-16-6-8-20-47(41)55-49(39)42/h2-26,28-29,32,43,48H,27,31H2,1H3,(H,52,53). The zero-order valence-electron chi connectivity index (χ0n) is 30.5. The summed E-state index contributed by atoms with van der Waals surface area (Å²) in [5.74, 6) is 2.00. The second-order valence-corrected chi connectivity index (χ2v) is 14.8. The molecule has 0 spiro atoms. The summed E-state index contributed by atoms with van der Waals surface area (Å²) in [5.41, 5.74) is 11.5. The van der Waals surface area contributed by atoms with Crippen molar-refractivity contribution >= 4 is 49.6 Å². The molecule has 0 amide bonds. The number of para-hydroxylation sites is 3. The van der Waals surface area contributed by atoms with Gasteiger partial charge in [-0.1, -0.05) is 122 Å². The number of aliphatic imine (C=N–C) groups is 1. The minimum atomic E-state index is 0.107. The van der Waals surface area contributed by atoms with Crippen LogP contribution >= 0.6 is 0 Å². The minimum absolute atomic E-state index is 0.107. The van der Waals surface area contributed by atoms with Crippen LogP contribution < -0.4 is 5.32 Å². The van der Waals surface area contributed by atoms with Crippen LogP contribution in [-0.2, 0) is 6.54 Å². The molecule has 264 valence electrons. The van der Waals surface area contributed by atoms with E-state index in [1.54, 1.807) is 0 Å². The van der Waals surface area contributed by atoms with Crippen LogP contribution in [0.25, 0.3) is 60.6 Å². The molecule has 1 fully saturated rings.